The van der Waals surface area contributed by atoms with Gasteiger partial charge in [0.05, 0.1) is 5.41 Å². The first-order valence-electron chi connectivity index (χ1n) is 7.41. The minimum atomic E-state index is -0.248. The van der Waals surface area contributed by atoms with Gasteiger partial charge in [0.15, 0.2) is 0 Å². The number of fused-ring (bicyclic) bond motifs is 1. The molecule has 0 bridgehead atoms. The summed E-state index contributed by atoms with van der Waals surface area (Å²) in [7, 11) is 2.11. The van der Waals surface area contributed by atoms with Gasteiger partial charge in [0.2, 0.25) is 5.91 Å². The van der Waals surface area contributed by atoms with Crippen molar-refractivity contribution in [2.45, 2.75) is 19.3 Å². The Balaban J connectivity index is 1.89. The summed E-state index contributed by atoms with van der Waals surface area (Å²) in [5.74, 6) is 0.866. The minimum Gasteiger partial charge on any atom is -0.310 e. The van der Waals surface area contributed by atoms with Crippen LogP contribution in [0.2, 0.25) is 0 Å². The number of rotatable bonds is 2. The number of pyridine rings is 1. The van der Waals surface area contributed by atoms with E-state index >= 15 is 0 Å². The first-order valence-corrected chi connectivity index (χ1v) is 7.41. The molecule has 0 atom stereocenters. The maximum absolute atomic E-state index is 12.5. The van der Waals surface area contributed by atoms with Gasteiger partial charge < -0.3 is 10.2 Å². The molecule has 1 spiro atoms. The van der Waals surface area contributed by atoms with E-state index in [-0.39, 0.29) is 11.3 Å². The van der Waals surface area contributed by atoms with Crippen LogP contribution in [-0.2, 0) is 11.2 Å². The third-order valence-corrected chi connectivity index (χ3v) is 4.60. The number of piperidine rings is 1. The number of amides is 1. The van der Waals surface area contributed by atoms with Crippen LogP contribution in [-0.4, -0.2) is 35.9 Å². The summed E-state index contributed by atoms with van der Waals surface area (Å²) in [5.41, 5.74) is 1.94. The summed E-state index contributed by atoms with van der Waals surface area (Å²) in [6, 6.07) is 2.13. The van der Waals surface area contributed by atoms with E-state index in [1.165, 1.54) is 0 Å². The van der Waals surface area contributed by atoms with Gasteiger partial charge in [0.25, 0.3) is 0 Å². The number of hydrogen-bond donors (Lipinski definition) is 1. The Hall–Kier alpha value is -1.94. The predicted molar refractivity (Wildman–Crippen MR) is 85.0 cm³/mol. The van der Waals surface area contributed by atoms with E-state index < -0.39 is 0 Å². The molecule has 4 nitrogen and oxygen atoms in total. The lowest BCUT2D eigenvalue weighted by atomic mass is 9.71. The van der Waals surface area contributed by atoms with Crippen LogP contribution < -0.4 is 5.32 Å². The van der Waals surface area contributed by atoms with Gasteiger partial charge in [0, 0.05) is 6.20 Å². The first kappa shape index (κ1) is 14.0. The molecule has 1 N–H and O–H groups in total. The third kappa shape index (κ3) is 2.63. The molecule has 4 heteroatoms. The zero-order valence-electron chi connectivity index (χ0n) is 12.4. The second kappa shape index (κ2) is 5.45. The number of aromatic nitrogens is 1. The summed E-state index contributed by atoms with van der Waals surface area (Å²) in [6.07, 6.45) is 10.0. The van der Waals surface area contributed by atoms with Crippen molar-refractivity contribution in [3.63, 3.8) is 0 Å². The number of hydrogen-bond acceptors (Lipinski definition) is 3. The fourth-order valence-electron chi connectivity index (χ4n) is 3.18. The lowest BCUT2D eigenvalue weighted by molar-refractivity contribution is -0.128. The molecule has 110 valence electrons. The molecule has 2 aliphatic rings. The van der Waals surface area contributed by atoms with Crippen molar-refractivity contribution in [2.75, 3.05) is 25.5 Å². The van der Waals surface area contributed by atoms with E-state index in [0.717, 1.165) is 49.3 Å². The standard InChI is InChI=1S/C17H21N3O/c1-3-4-5-13-10-14-11-17(6-8-20(2)9-7-17)16(21)19-15(14)18-12-13/h3-5,10,12H,1,6-9,11H2,2H3,(H,18,19,21)/b5-4+. The number of anilines is 1. The maximum atomic E-state index is 12.5. The van der Waals surface area contributed by atoms with E-state index in [0.29, 0.717) is 0 Å². The largest absolute Gasteiger partial charge is 0.310 e. The third-order valence-electron chi connectivity index (χ3n) is 4.60. The minimum absolute atomic E-state index is 0.144. The summed E-state index contributed by atoms with van der Waals surface area (Å²) in [4.78, 5) is 19.2. The van der Waals surface area contributed by atoms with Crippen molar-refractivity contribution < 1.29 is 4.79 Å². The zero-order chi connectivity index (χ0) is 14.9. The highest BCUT2D eigenvalue weighted by atomic mass is 16.2. The molecule has 0 unspecified atom stereocenters. The Bertz CT molecular complexity index is 598. The molecular formula is C17H21N3O. The van der Waals surface area contributed by atoms with Crippen molar-refractivity contribution in [1.29, 1.82) is 0 Å². The average Bonchev–Trinajstić information content (AvgIpc) is 2.49. The fraction of sp³-hybridized carbons (Fsp3) is 0.412. The first-order chi connectivity index (χ1) is 10.1. The number of likely N-dealkylation sites (tertiary alicyclic amines) is 1. The highest BCUT2D eigenvalue weighted by Crippen LogP contribution is 2.40. The second-order valence-corrected chi connectivity index (χ2v) is 6.09. The molecule has 1 aromatic rings. The molecule has 3 rings (SSSR count). The van der Waals surface area contributed by atoms with Crippen LogP contribution in [0.25, 0.3) is 6.08 Å². The molecule has 2 aliphatic heterocycles. The van der Waals surface area contributed by atoms with Crippen LogP contribution in [0.1, 0.15) is 24.0 Å². The van der Waals surface area contributed by atoms with Crippen molar-refractivity contribution in [2.24, 2.45) is 5.41 Å². The van der Waals surface area contributed by atoms with Gasteiger partial charge >= 0.3 is 0 Å². The van der Waals surface area contributed by atoms with Crippen molar-refractivity contribution in [3.05, 3.63) is 42.1 Å². The van der Waals surface area contributed by atoms with Crippen LogP contribution in [0.4, 0.5) is 5.82 Å². The lowest BCUT2D eigenvalue weighted by Crippen LogP contribution is -2.49. The fourth-order valence-corrected chi connectivity index (χ4v) is 3.18. The van der Waals surface area contributed by atoms with Crippen LogP contribution >= 0.6 is 0 Å². The van der Waals surface area contributed by atoms with Gasteiger partial charge in [0.1, 0.15) is 5.82 Å². The van der Waals surface area contributed by atoms with E-state index in [4.69, 9.17) is 0 Å². The molecule has 1 saturated heterocycles. The number of allylic oxidation sites excluding steroid dienone is 2. The Morgan fingerprint density at radius 1 is 1.43 bits per heavy atom. The van der Waals surface area contributed by atoms with Gasteiger partial charge in [-0.1, -0.05) is 24.8 Å². The average molecular weight is 283 g/mol. The zero-order valence-corrected chi connectivity index (χ0v) is 12.4. The summed E-state index contributed by atoms with van der Waals surface area (Å²) in [5, 5.41) is 3.01. The molecule has 0 saturated carbocycles. The van der Waals surface area contributed by atoms with Gasteiger partial charge in [-0.05, 0) is 56.6 Å². The molecule has 21 heavy (non-hydrogen) atoms. The SMILES string of the molecule is C=C/C=C/c1cnc2c(c1)CC1(CCN(C)CC1)C(=O)N2. The number of nitrogens with one attached hydrogen (secondary N) is 1. The number of nitrogens with zero attached hydrogens (tertiary/aromatic N) is 2. The Morgan fingerprint density at radius 2 is 2.19 bits per heavy atom. The number of carbonyl (C=O) groups is 1. The highest BCUT2D eigenvalue weighted by Gasteiger charge is 2.44. The summed E-state index contributed by atoms with van der Waals surface area (Å²) < 4.78 is 0. The smallest absolute Gasteiger partial charge is 0.232 e. The van der Waals surface area contributed by atoms with Crippen molar-refractivity contribution in [1.82, 2.24) is 9.88 Å². The summed E-state index contributed by atoms with van der Waals surface area (Å²) in [6.45, 7) is 5.64. The topological polar surface area (TPSA) is 45.2 Å². The quantitative estimate of drug-likeness (QED) is 0.848. The Kier molecular flexibility index (Phi) is 3.64. The van der Waals surface area contributed by atoms with Crippen LogP contribution in [0.5, 0.6) is 0 Å². The molecule has 3 heterocycles. The van der Waals surface area contributed by atoms with E-state index in [2.05, 4.69) is 34.9 Å². The Labute approximate surface area is 125 Å². The van der Waals surface area contributed by atoms with Crippen LogP contribution in [0, 0.1) is 5.41 Å². The molecule has 1 aromatic heterocycles. The number of carbonyl (C=O) groups excluding carboxylic acids is 1. The Morgan fingerprint density at radius 3 is 2.90 bits per heavy atom. The normalized spacial score (nSPS) is 21.3. The van der Waals surface area contributed by atoms with Crippen molar-refractivity contribution >= 4 is 17.8 Å². The molecule has 1 fully saturated rings. The molecule has 1 amide bonds. The van der Waals surface area contributed by atoms with Gasteiger partial charge in [-0.3, -0.25) is 4.79 Å². The molecule has 0 radical (unpaired) electrons. The van der Waals surface area contributed by atoms with Crippen LogP contribution in [0.15, 0.2) is 31.0 Å². The predicted octanol–water partition coefficient (Wildman–Crippen LogP) is 2.49. The lowest BCUT2D eigenvalue weighted by Gasteiger charge is -2.42. The van der Waals surface area contributed by atoms with Gasteiger partial charge in [-0.15, -0.1) is 0 Å². The maximum Gasteiger partial charge on any atom is 0.232 e. The monoisotopic (exact) mass is 283 g/mol. The summed E-state index contributed by atoms with van der Waals surface area (Å²) >= 11 is 0. The van der Waals surface area contributed by atoms with E-state index in [1.54, 1.807) is 12.3 Å². The van der Waals surface area contributed by atoms with Crippen LogP contribution in [0.3, 0.4) is 0 Å². The van der Waals surface area contributed by atoms with E-state index in [1.807, 2.05) is 12.2 Å². The molecule has 0 aromatic carbocycles. The van der Waals surface area contributed by atoms with Crippen molar-refractivity contribution in [3.8, 4) is 0 Å². The highest BCUT2D eigenvalue weighted by molar-refractivity contribution is 5.97. The molecule has 0 aliphatic carbocycles. The van der Waals surface area contributed by atoms with Gasteiger partial charge in [-0.2, -0.15) is 0 Å². The van der Waals surface area contributed by atoms with E-state index in [9.17, 15) is 4.79 Å². The second-order valence-electron chi connectivity index (χ2n) is 6.09. The molecular weight excluding hydrogens is 262 g/mol. The van der Waals surface area contributed by atoms with Gasteiger partial charge in [-0.25, -0.2) is 4.98 Å².